The van der Waals surface area contributed by atoms with Gasteiger partial charge in [-0.25, -0.2) is 4.79 Å². The molecule has 0 spiro atoms. The lowest BCUT2D eigenvalue weighted by Crippen LogP contribution is -2.43. The molecule has 0 radical (unpaired) electrons. The van der Waals surface area contributed by atoms with Crippen molar-refractivity contribution in [2.24, 2.45) is 5.16 Å². The normalized spacial score (nSPS) is 16.1. The lowest BCUT2D eigenvalue weighted by atomic mass is 10.1. The molecule has 1 N–H and O–H groups in total. The summed E-state index contributed by atoms with van der Waals surface area (Å²) in [5, 5.41) is 6.78. The van der Waals surface area contributed by atoms with E-state index in [0.717, 1.165) is 12.1 Å². The predicted octanol–water partition coefficient (Wildman–Crippen LogP) is 3.83. The number of hydrogen-bond acceptors (Lipinski definition) is 4. The number of urea groups is 1. The predicted molar refractivity (Wildman–Crippen MR) is 101 cm³/mol. The summed E-state index contributed by atoms with van der Waals surface area (Å²) in [5.41, 5.74) is 1.27. The molecule has 1 aliphatic heterocycles. The Hall–Kier alpha value is -3.10. The van der Waals surface area contributed by atoms with E-state index in [1.54, 1.807) is 19.2 Å². The second-order valence-corrected chi connectivity index (χ2v) is 6.60. The van der Waals surface area contributed by atoms with Gasteiger partial charge in [-0.3, -0.25) is 4.98 Å². The van der Waals surface area contributed by atoms with Crippen molar-refractivity contribution >= 4 is 11.7 Å². The minimum Gasteiger partial charge on any atom is -0.390 e. The summed E-state index contributed by atoms with van der Waals surface area (Å²) >= 11 is 0. The van der Waals surface area contributed by atoms with Gasteiger partial charge in [0, 0.05) is 25.7 Å². The number of benzene rings is 1. The Kier molecular flexibility index (Phi) is 6.36. The molecule has 9 heteroatoms. The first-order valence-corrected chi connectivity index (χ1v) is 9.20. The highest BCUT2D eigenvalue weighted by Gasteiger charge is 2.30. The molecule has 0 bridgehead atoms. The van der Waals surface area contributed by atoms with E-state index in [4.69, 9.17) is 4.84 Å². The average molecular weight is 406 g/mol. The molecule has 2 amide bonds. The second-order valence-electron chi connectivity index (χ2n) is 6.60. The van der Waals surface area contributed by atoms with Crippen LogP contribution in [0.25, 0.3) is 0 Å². The zero-order chi connectivity index (χ0) is 20.9. The molecular weight excluding hydrogens is 385 g/mol. The number of nitrogens with one attached hydrogen (secondary N) is 1. The third-order valence-electron chi connectivity index (χ3n) is 4.39. The standard InChI is InChI=1S/C20H21F3N4O2/c1-2-24-19(28)27(12-14-6-8-15(9-7-14)20(21,22)23)13-16-11-18(26-29-16)17-5-3-4-10-25-17/h3-10,16H,2,11-13H2,1H3,(H,24,28)/t16-/m0/s1. The van der Waals surface area contributed by atoms with Gasteiger partial charge in [-0.1, -0.05) is 23.4 Å². The van der Waals surface area contributed by atoms with Crippen LogP contribution in [-0.4, -0.2) is 40.8 Å². The van der Waals surface area contributed by atoms with Crippen molar-refractivity contribution in [2.45, 2.75) is 32.2 Å². The second kappa shape index (κ2) is 8.93. The van der Waals surface area contributed by atoms with Gasteiger partial charge in [-0.15, -0.1) is 0 Å². The van der Waals surface area contributed by atoms with Crippen LogP contribution in [0.2, 0.25) is 0 Å². The van der Waals surface area contributed by atoms with E-state index in [9.17, 15) is 18.0 Å². The van der Waals surface area contributed by atoms with E-state index in [-0.39, 0.29) is 25.2 Å². The van der Waals surface area contributed by atoms with E-state index in [0.29, 0.717) is 29.9 Å². The van der Waals surface area contributed by atoms with E-state index >= 15 is 0 Å². The molecule has 1 aromatic heterocycles. The van der Waals surface area contributed by atoms with Gasteiger partial charge in [-0.05, 0) is 36.8 Å². The SMILES string of the molecule is CCNC(=O)N(Cc1ccc(C(F)(F)F)cc1)C[C@@H]1CC(c2ccccn2)=NO1. The van der Waals surface area contributed by atoms with Crippen molar-refractivity contribution in [1.82, 2.24) is 15.2 Å². The molecule has 2 heterocycles. The molecule has 0 fully saturated rings. The Morgan fingerprint density at radius 2 is 2.00 bits per heavy atom. The Labute approximate surface area is 166 Å². The number of halogens is 3. The molecule has 154 valence electrons. The van der Waals surface area contributed by atoms with Crippen LogP contribution in [-0.2, 0) is 17.6 Å². The molecule has 0 saturated heterocycles. The molecular formula is C20H21F3N4O2. The lowest BCUT2D eigenvalue weighted by molar-refractivity contribution is -0.137. The van der Waals surface area contributed by atoms with Gasteiger partial charge < -0.3 is 15.1 Å². The molecule has 1 aromatic carbocycles. The summed E-state index contributed by atoms with van der Waals surface area (Å²) in [4.78, 5) is 23.6. The Balaban J connectivity index is 1.66. The molecule has 29 heavy (non-hydrogen) atoms. The number of nitrogens with zero attached hydrogens (tertiary/aromatic N) is 3. The van der Waals surface area contributed by atoms with E-state index in [1.165, 1.54) is 17.0 Å². The number of alkyl halides is 3. The topological polar surface area (TPSA) is 66.8 Å². The largest absolute Gasteiger partial charge is 0.416 e. The van der Waals surface area contributed by atoms with Crippen LogP contribution in [0.4, 0.5) is 18.0 Å². The van der Waals surface area contributed by atoms with Gasteiger partial charge in [0.15, 0.2) is 6.10 Å². The van der Waals surface area contributed by atoms with Crippen molar-refractivity contribution in [3.05, 3.63) is 65.5 Å². The van der Waals surface area contributed by atoms with Gasteiger partial charge in [0.05, 0.1) is 17.8 Å². The molecule has 0 unspecified atom stereocenters. The first-order valence-electron chi connectivity index (χ1n) is 9.20. The summed E-state index contributed by atoms with van der Waals surface area (Å²) in [6.07, 6.45) is -2.60. The molecule has 0 saturated carbocycles. The highest BCUT2D eigenvalue weighted by Crippen LogP contribution is 2.29. The van der Waals surface area contributed by atoms with Crippen LogP contribution < -0.4 is 5.32 Å². The molecule has 6 nitrogen and oxygen atoms in total. The van der Waals surface area contributed by atoms with Crippen LogP contribution in [0.3, 0.4) is 0 Å². The van der Waals surface area contributed by atoms with Crippen molar-refractivity contribution in [1.29, 1.82) is 0 Å². The average Bonchev–Trinajstić information content (AvgIpc) is 3.17. The number of rotatable bonds is 6. The smallest absolute Gasteiger partial charge is 0.390 e. The zero-order valence-corrected chi connectivity index (χ0v) is 15.8. The van der Waals surface area contributed by atoms with E-state index < -0.39 is 11.7 Å². The van der Waals surface area contributed by atoms with Gasteiger partial charge in [-0.2, -0.15) is 13.2 Å². The number of pyridine rings is 1. The van der Waals surface area contributed by atoms with Gasteiger partial charge >= 0.3 is 12.2 Å². The molecule has 2 aromatic rings. The molecule has 3 rings (SSSR count). The Morgan fingerprint density at radius 1 is 1.24 bits per heavy atom. The highest BCUT2D eigenvalue weighted by molar-refractivity contribution is 5.99. The zero-order valence-electron chi connectivity index (χ0n) is 15.8. The fraction of sp³-hybridized carbons (Fsp3) is 0.350. The van der Waals surface area contributed by atoms with Crippen molar-refractivity contribution in [2.75, 3.05) is 13.1 Å². The number of aromatic nitrogens is 1. The minimum atomic E-state index is -4.39. The molecule has 1 aliphatic rings. The van der Waals surface area contributed by atoms with E-state index in [1.807, 2.05) is 12.1 Å². The van der Waals surface area contributed by atoms with Gasteiger partial charge in [0.1, 0.15) is 5.71 Å². The maximum absolute atomic E-state index is 12.7. The summed E-state index contributed by atoms with van der Waals surface area (Å²) in [5.74, 6) is 0. The fourth-order valence-corrected chi connectivity index (χ4v) is 2.96. The Morgan fingerprint density at radius 3 is 2.62 bits per heavy atom. The highest BCUT2D eigenvalue weighted by atomic mass is 19.4. The van der Waals surface area contributed by atoms with Crippen molar-refractivity contribution < 1.29 is 22.8 Å². The quantitative estimate of drug-likeness (QED) is 0.793. The lowest BCUT2D eigenvalue weighted by Gasteiger charge is -2.25. The third-order valence-corrected chi connectivity index (χ3v) is 4.39. The Bertz CT molecular complexity index is 854. The number of carbonyl (C=O) groups excluding carboxylic acids is 1. The molecule has 0 aliphatic carbocycles. The van der Waals surface area contributed by atoms with Crippen LogP contribution in [0, 0.1) is 0 Å². The molecule has 1 atom stereocenters. The monoisotopic (exact) mass is 406 g/mol. The maximum atomic E-state index is 12.7. The number of amides is 2. The summed E-state index contributed by atoms with van der Waals surface area (Å²) in [7, 11) is 0. The van der Waals surface area contributed by atoms with Crippen LogP contribution in [0.15, 0.2) is 53.8 Å². The fourth-order valence-electron chi connectivity index (χ4n) is 2.96. The van der Waals surface area contributed by atoms with Gasteiger partial charge in [0.2, 0.25) is 0 Å². The van der Waals surface area contributed by atoms with Crippen LogP contribution >= 0.6 is 0 Å². The first kappa shape index (κ1) is 20.6. The minimum absolute atomic E-state index is 0.156. The van der Waals surface area contributed by atoms with Crippen molar-refractivity contribution in [3.63, 3.8) is 0 Å². The number of carbonyl (C=O) groups is 1. The van der Waals surface area contributed by atoms with Crippen molar-refractivity contribution in [3.8, 4) is 0 Å². The van der Waals surface area contributed by atoms with Crippen LogP contribution in [0.1, 0.15) is 30.2 Å². The third kappa shape index (κ3) is 5.46. The maximum Gasteiger partial charge on any atom is 0.416 e. The first-order chi connectivity index (χ1) is 13.9. The van der Waals surface area contributed by atoms with E-state index in [2.05, 4.69) is 15.5 Å². The van der Waals surface area contributed by atoms with Gasteiger partial charge in [0.25, 0.3) is 0 Å². The summed E-state index contributed by atoms with van der Waals surface area (Å²) in [6.45, 7) is 2.63. The number of oxime groups is 1. The summed E-state index contributed by atoms with van der Waals surface area (Å²) in [6, 6.07) is 9.94. The number of hydrogen-bond donors (Lipinski definition) is 1. The van der Waals surface area contributed by atoms with Crippen LogP contribution in [0.5, 0.6) is 0 Å². The summed E-state index contributed by atoms with van der Waals surface area (Å²) < 4.78 is 38.2.